The molecule has 0 aliphatic heterocycles. The summed E-state index contributed by atoms with van der Waals surface area (Å²) in [5.74, 6) is -0.0761. The van der Waals surface area contributed by atoms with Crippen molar-refractivity contribution in [2.45, 2.75) is 26.3 Å². The first-order valence-electron chi connectivity index (χ1n) is 5.10. The van der Waals surface area contributed by atoms with Crippen LogP contribution >= 0.6 is 0 Å². The zero-order valence-corrected chi connectivity index (χ0v) is 9.16. The Morgan fingerprint density at radius 2 is 2.47 bits per heavy atom. The fourth-order valence-corrected chi connectivity index (χ4v) is 1.32. The first-order valence-corrected chi connectivity index (χ1v) is 5.10. The third-order valence-corrected chi connectivity index (χ3v) is 1.97. The van der Waals surface area contributed by atoms with Gasteiger partial charge in [0.2, 0.25) is 5.91 Å². The minimum absolute atomic E-state index is 0.0761. The molecule has 0 aromatic carbocycles. The lowest BCUT2D eigenvalue weighted by atomic mass is 10.1. The third kappa shape index (κ3) is 4.65. The molecule has 0 aliphatic rings. The Morgan fingerprint density at radius 1 is 1.67 bits per heavy atom. The maximum Gasteiger partial charge on any atom is 0.246 e. The van der Waals surface area contributed by atoms with Crippen LogP contribution in [-0.2, 0) is 16.0 Å². The number of carbonyl (C=O) groups is 1. The molecule has 0 radical (unpaired) electrons. The normalized spacial score (nSPS) is 12.4. The molecule has 15 heavy (non-hydrogen) atoms. The van der Waals surface area contributed by atoms with Gasteiger partial charge >= 0.3 is 0 Å². The van der Waals surface area contributed by atoms with E-state index in [1.54, 1.807) is 12.5 Å². The lowest BCUT2D eigenvalue weighted by Crippen LogP contribution is -2.36. The van der Waals surface area contributed by atoms with Crippen molar-refractivity contribution >= 4 is 5.91 Å². The van der Waals surface area contributed by atoms with Crippen LogP contribution in [0.5, 0.6) is 0 Å². The van der Waals surface area contributed by atoms with E-state index in [9.17, 15) is 4.79 Å². The van der Waals surface area contributed by atoms with E-state index in [4.69, 9.17) is 9.15 Å². The number of amides is 1. The molecular formula is C11H17NO3. The van der Waals surface area contributed by atoms with Gasteiger partial charge in [0.1, 0.15) is 6.61 Å². The smallest absolute Gasteiger partial charge is 0.246 e. The predicted octanol–water partition coefficient (Wildman–Crippen LogP) is 1.36. The number of nitrogens with one attached hydrogen (secondary N) is 1. The van der Waals surface area contributed by atoms with Crippen LogP contribution in [-0.4, -0.2) is 25.2 Å². The summed E-state index contributed by atoms with van der Waals surface area (Å²) in [5.41, 5.74) is 1.08. The van der Waals surface area contributed by atoms with Crippen LogP contribution in [0.4, 0.5) is 0 Å². The second-order valence-electron chi connectivity index (χ2n) is 3.44. The van der Waals surface area contributed by atoms with E-state index >= 15 is 0 Å². The van der Waals surface area contributed by atoms with Crippen molar-refractivity contribution in [2.24, 2.45) is 0 Å². The van der Waals surface area contributed by atoms with Gasteiger partial charge in [0, 0.05) is 12.6 Å². The van der Waals surface area contributed by atoms with Crippen molar-refractivity contribution in [3.63, 3.8) is 0 Å². The first kappa shape index (κ1) is 11.8. The van der Waals surface area contributed by atoms with Gasteiger partial charge in [-0.05, 0) is 31.9 Å². The number of ether oxygens (including phenoxy) is 1. The van der Waals surface area contributed by atoms with E-state index in [2.05, 4.69) is 5.32 Å². The molecule has 1 heterocycles. The Labute approximate surface area is 89.6 Å². The number of furan rings is 1. The Morgan fingerprint density at radius 3 is 3.07 bits per heavy atom. The van der Waals surface area contributed by atoms with Gasteiger partial charge in [0.25, 0.3) is 0 Å². The van der Waals surface area contributed by atoms with E-state index in [1.165, 1.54) is 0 Å². The zero-order chi connectivity index (χ0) is 11.1. The van der Waals surface area contributed by atoms with Crippen LogP contribution in [0.1, 0.15) is 19.4 Å². The molecule has 4 heteroatoms. The van der Waals surface area contributed by atoms with E-state index < -0.39 is 0 Å². The maximum absolute atomic E-state index is 11.3. The fourth-order valence-electron chi connectivity index (χ4n) is 1.32. The van der Waals surface area contributed by atoms with Crippen molar-refractivity contribution in [3.8, 4) is 0 Å². The maximum atomic E-state index is 11.3. The quantitative estimate of drug-likeness (QED) is 0.773. The molecule has 0 saturated carbocycles. The van der Waals surface area contributed by atoms with Crippen LogP contribution in [0.15, 0.2) is 23.0 Å². The minimum Gasteiger partial charge on any atom is -0.472 e. The van der Waals surface area contributed by atoms with Gasteiger partial charge in [-0.15, -0.1) is 0 Å². The third-order valence-electron chi connectivity index (χ3n) is 1.97. The summed E-state index contributed by atoms with van der Waals surface area (Å²) in [5, 5.41) is 2.85. The highest BCUT2D eigenvalue weighted by molar-refractivity contribution is 5.77. The lowest BCUT2D eigenvalue weighted by molar-refractivity contribution is -0.126. The van der Waals surface area contributed by atoms with Crippen LogP contribution in [0.2, 0.25) is 0 Å². The molecule has 4 nitrogen and oxygen atoms in total. The zero-order valence-electron chi connectivity index (χ0n) is 9.16. The van der Waals surface area contributed by atoms with E-state index in [0.717, 1.165) is 12.0 Å². The average molecular weight is 211 g/mol. The summed E-state index contributed by atoms with van der Waals surface area (Å²) < 4.78 is 9.95. The number of carbonyl (C=O) groups excluding carboxylic acids is 1. The van der Waals surface area contributed by atoms with Crippen molar-refractivity contribution in [1.29, 1.82) is 0 Å². The molecule has 1 atom stereocenters. The first-order chi connectivity index (χ1) is 7.22. The topological polar surface area (TPSA) is 51.5 Å². The highest BCUT2D eigenvalue weighted by Gasteiger charge is 2.08. The van der Waals surface area contributed by atoms with Crippen LogP contribution in [0, 0.1) is 0 Å². The molecule has 0 fully saturated rings. The van der Waals surface area contributed by atoms with Gasteiger partial charge in [0.15, 0.2) is 0 Å². The van der Waals surface area contributed by atoms with Gasteiger partial charge in [-0.1, -0.05) is 0 Å². The predicted molar refractivity (Wildman–Crippen MR) is 56.5 cm³/mol. The summed E-state index contributed by atoms with van der Waals surface area (Å²) in [6.45, 7) is 4.51. The van der Waals surface area contributed by atoms with Gasteiger partial charge < -0.3 is 14.5 Å². The summed E-state index contributed by atoms with van der Waals surface area (Å²) in [6, 6.07) is 1.99. The molecule has 1 aromatic heterocycles. The molecule has 1 N–H and O–H groups in total. The molecule has 84 valence electrons. The SMILES string of the molecule is CCOCC(=O)NC(C)Cc1ccoc1. The number of hydrogen-bond donors (Lipinski definition) is 1. The molecule has 0 saturated heterocycles. The second-order valence-corrected chi connectivity index (χ2v) is 3.44. The van der Waals surface area contributed by atoms with Crippen LogP contribution < -0.4 is 5.32 Å². The van der Waals surface area contributed by atoms with Gasteiger partial charge in [0.05, 0.1) is 12.5 Å². The standard InChI is InChI=1S/C11H17NO3/c1-3-14-8-11(13)12-9(2)6-10-4-5-15-7-10/h4-5,7,9H,3,6,8H2,1-2H3,(H,12,13). The van der Waals surface area contributed by atoms with E-state index in [1.807, 2.05) is 19.9 Å². The monoisotopic (exact) mass is 211 g/mol. The average Bonchev–Trinajstić information content (AvgIpc) is 2.67. The highest BCUT2D eigenvalue weighted by Crippen LogP contribution is 2.03. The fraction of sp³-hybridized carbons (Fsp3) is 0.545. The number of hydrogen-bond acceptors (Lipinski definition) is 3. The molecule has 0 aliphatic carbocycles. The summed E-state index contributed by atoms with van der Waals surface area (Å²) in [7, 11) is 0. The summed E-state index contributed by atoms with van der Waals surface area (Å²) in [4.78, 5) is 11.3. The van der Waals surface area contributed by atoms with Crippen molar-refractivity contribution < 1.29 is 13.9 Å². The second kappa shape index (κ2) is 6.24. The van der Waals surface area contributed by atoms with Gasteiger partial charge in [-0.25, -0.2) is 0 Å². The molecule has 1 rings (SSSR count). The van der Waals surface area contributed by atoms with Crippen molar-refractivity contribution in [2.75, 3.05) is 13.2 Å². The molecular weight excluding hydrogens is 194 g/mol. The summed E-state index contributed by atoms with van der Waals surface area (Å²) in [6.07, 6.45) is 4.09. The molecule has 0 bridgehead atoms. The highest BCUT2D eigenvalue weighted by atomic mass is 16.5. The number of rotatable bonds is 6. The largest absolute Gasteiger partial charge is 0.472 e. The van der Waals surface area contributed by atoms with Gasteiger partial charge in [-0.2, -0.15) is 0 Å². The molecule has 1 amide bonds. The Hall–Kier alpha value is -1.29. The Balaban J connectivity index is 2.23. The van der Waals surface area contributed by atoms with Gasteiger partial charge in [-0.3, -0.25) is 4.79 Å². The molecule has 1 unspecified atom stereocenters. The van der Waals surface area contributed by atoms with Crippen molar-refractivity contribution in [3.05, 3.63) is 24.2 Å². The van der Waals surface area contributed by atoms with E-state index in [-0.39, 0.29) is 18.6 Å². The Kier molecular flexibility index (Phi) is 4.90. The molecule has 0 spiro atoms. The molecule has 1 aromatic rings. The van der Waals surface area contributed by atoms with Crippen LogP contribution in [0.25, 0.3) is 0 Å². The lowest BCUT2D eigenvalue weighted by Gasteiger charge is -2.12. The Bertz CT molecular complexity index is 282. The van der Waals surface area contributed by atoms with Crippen molar-refractivity contribution in [1.82, 2.24) is 5.32 Å². The summed E-state index contributed by atoms with van der Waals surface area (Å²) >= 11 is 0. The minimum atomic E-state index is -0.0761. The van der Waals surface area contributed by atoms with E-state index in [0.29, 0.717) is 6.61 Å². The van der Waals surface area contributed by atoms with Crippen LogP contribution in [0.3, 0.4) is 0 Å².